The number of esters is 3. The molecule has 6 nitrogen and oxygen atoms in total. The molecule has 0 fully saturated rings. The van der Waals surface area contributed by atoms with Crippen LogP contribution in [0.1, 0.15) is 245 Å². The Hall–Kier alpha value is -2.11. The Morgan fingerprint density at radius 2 is 0.611 bits per heavy atom. The molecule has 0 aliphatic rings. The lowest BCUT2D eigenvalue weighted by molar-refractivity contribution is -0.167. The summed E-state index contributed by atoms with van der Waals surface area (Å²) >= 11 is 0. The molecule has 54 heavy (non-hydrogen) atoms. The van der Waals surface area contributed by atoms with E-state index in [0.29, 0.717) is 19.3 Å². The summed E-state index contributed by atoms with van der Waals surface area (Å²) in [6.07, 6.45) is 47.2. The van der Waals surface area contributed by atoms with E-state index in [1.807, 2.05) is 0 Å². The minimum Gasteiger partial charge on any atom is -0.462 e. The van der Waals surface area contributed by atoms with Crippen molar-refractivity contribution in [3.63, 3.8) is 0 Å². The zero-order valence-electron chi connectivity index (χ0n) is 36.0. The summed E-state index contributed by atoms with van der Waals surface area (Å²) in [5, 5.41) is 0. The predicted octanol–water partition coefficient (Wildman–Crippen LogP) is 14.8. The van der Waals surface area contributed by atoms with E-state index in [4.69, 9.17) is 14.2 Å². The van der Waals surface area contributed by atoms with Crippen molar-refractivity contribution < 1.29 is 28.6 Å². The number of hydrogen-bond acceptors (Lipinski definition) is 6. The van der Waals surface area contributed by atoms with Gasteiger partial charge in [0.1, 0.15) is 13.2 Å². The Morgan fingerprint density at radius 3 is 0.944 bits per heavy atom. The van der Waals surface area contributed by atoms with Crippen molar-refractivity contribution in [2.75, 3.05) is 13.2 Å². The van der Waals surface area contributed by atoms with Crippen LogP contribution in [-0.2, 0) is 28.6 Å². The molecule has 0 saturated carbocycles. The number of hydrogen-bond donors (Lipinski definition) is 0. The Labute approximate surface area is 334 Å². The third kappa shape index (κ3) is 41.1. The van der Waals surface area contributed by atoms with E-state index in [1.165, 1.54) is 135 Å². The van der Waals surface area contributed by atoms with Gasteiger partial charge in [-0.25, -0.2) is 0 Å². The monoisotopic (exact) mass is 761 g/mol. The molecular formula is C48H88O6. The standard InChI is InChI=1S/C48H88O6/c1-4-7-10-13-16-19-22-24-26-29-32-35-38-41-47(50)53-44-45(43-52-46(49)40-37-34-31-28-21-18-15-12-9-6-3)54-48(51)42-39-36-33-30-27-25-23-20-17-14-11-8-5-2/h19-20,22-23,45H,4-18,21,24-44H2,1-3H3/b22-19-,23-20-/t45-/m1/s1. The fourth-order valence-electron chi connectivity index (χ4n) is 6.61. The van der Waals surface area contributed by atoms with Gasteiger partial charge in [-0.1, -0.05) is 180 Å². The van der Waals surface area contributed by atoms with Crippen LogP contribution in [0, 0.1) is 0 Å². The maximum atomic E-state index is 12.7. The smallest absolute Gasteiger partial charge is 0.306 e. The van der Waals surface area contributed by atoms with Gasteiger partial charge in [0.25, 0.3) is 0 Å². The summed E-state index contributed by atoms with van der Waals surface area (Å²) < 4.78 is 16.7. The van der Waals surface area contributed by atoms with Crippen LogP contribution < -0.4 is 0 Å². The van der Waals surface area contributed by atoms with Gasteiger partial charge in [-0.05, 0) is 70.6 Å². The molecular weight excluding hydrogens is 673 g/mol. The summed E-state index contributed by atoms with van der Waals surface area (Å²) in [6.45, 7) is 6.58. The summed E-state index contributed by atoms with van der Waals surface area (Å²) in [7, 11) is 0. The van der Waals surface area contributed by atoms with Gasteiger partial charge < -0.3 is 14.2 Å². The number of rotatable bonds is 42. The molecule has 316 valence electrons. The number of carbonyl (C=O) groups is 3. The number of ether oxygens (including phenoxy) is 3. The zero-order chi connectivity index (χ0) is 39.4. The number of unbranched alkanes of at least 4 members (excludes halogenated alkanes) is 27. The molecule has 1 atom stereocenters. The van der Waals surface area contributed by atoms with Crippen molar-refractivity contribution in [1.82, 2.24) is 0 Å². The third-order valence-corrected chi connectivity index (χ3v) is 10.2. The highest BCUT2D eigenvalue weighted by molar-refractivity contribution is 5.71. The Morgan fingerprint density at radius 1 is 0.352 bits per heavy atom. The lowest BCUT2D eigenvalue weighted by Gasteiger charge is -2.18. The Bertz CT molecular complexity index is 880. The number of allylic oxidation sites excluding steroid dienone is 4. The second kappa shape index (κ2) is 43.6. The highest BCUT2D eigenvalue weighted by Crippen LogP contribution is 2.14. The minimum atomic E-state index is -0.772. The molecule has 0 spiro atoms. The first-order valence-corrected chi connectivity index (χ1v) is 23.3. The van der Waals surface area contributed by atoms with Crippen molar-refractivity contribution in [2.24, 2.45) is 0 Å². The first-order valence-electron chi connectivity index (χ1n) is 23.3. The predicted molar refractivity (Wildman–Crippen MR) is 229 cm³/mol. The van der Waals surface area contributed by atoms with Gasteiger partial charge in [0.2, 0.25) is 0 Å². The molecule has 6 heteroatoms. The largest absolute Gasteiger partial charge is 0.462 e. The van der Waals surface area contributed by atoms with Crippen LogP contribution >= 0.6 is 0 Å². The van der Waals surface area contributed by atoms with Crippen molar-refractivity contribution in [1.29, 1.82) is 0 Å². The van der Waals surface area contributed by atoms with Gasteiger partial charge in [0.15, 0.2) is 6.10 Å². The van der Waals surface area contributed by atoms with Crippen LogP contribution in [0.2, 0.25) is 0 Å². The molecule has 0 aromatic carbocycles. The Kier molecular flexibility index (Phi) is 41.9. The Balaban J connectivity index is 4.37. The SMILES string of the molecule is CCCCCC/C=C\CCCCCCCC(=O)OC[C@@H](COC(=O)CCCCCCCCCCCC)OC(=O)CCCCCCC/C=C\CCCCCC. The molecule has 0 aromatic rings. The van der Waals surface area contributed by atoms with Gasteiger partial charge >= 0.3 is 17.9 Å². The van der Waals surface area contributed by atoms with E-state index < -0.39 is 6.10 Å². The van der Waals surface area contributed by atoms with Crippen molar-refractivity contribution in [3.05, 3.63) is 24.3 Å². The van der Waals surface area contributed by atoms with Crippen LogP contribution in [0.5, 0.6) is 0 Å². The van der Waals surface area contributed by atoms with Gasteiger partial charge in [-0.2, -0.15) is 0 Å². The van der Waals surface area contributed by atoms with Crippen LogP contribution in [-0.4, -0.2) is 37.2 Å². The fraction of sp³-hybridized carbons (Fsp3) is 0.854. The van der Waals surface area contributed by atoms with E-state index in [2.05, 4.69) is 45.1 Å². The molecule has 0 bridgehead atoms. The first kappa shape index (κ1) is 51.9. The highest BCUT2D eigenvalue weighted by atomic mass is 16.6. The lowest BCUT2D eigenvalue weighted by Crippen LogP contribution is -2.30. The van der Waals surface area contributed by atoms with Crippen molar-refractivity contribution in [2.45, 2.75) is 252 Å². The molecule has 0 radical (unpaired) electrons. The molecule has 0 saturated heterocycles. The van der Waals surface area contributed by atoms with Crippen LogP contribution in [0.15, 0.2) is 24.3 Å². The second-order valence-electron chi connectivity index (χ2n) is 15.7. The van der Waals surface area contributed by atoms with E-state index in [9.17, 15) is 14.4 Å². The quantitative estimate of drug-likeness (QED) is 0.0267. The van der Waals surface area contributed by atoms with E-state index in [0.717, 1.165) is 70.6 Å². The highest BCUT2D eigenvalue weighted by Gasteiger charge is 2.19. The third-order valence-electron chi connectivity index (χ3n) is 10.2. The van der Waals surface area contributed by atoms with E-state index in [1.54, 1.807) is 0 Å². The van der Waals surface area contributed by atoms with Gasteiger partial charge in [0, 0.05) is 19.3 Å². The minimum absolute atomic E-state index is 0.0745. The second-order valence-corrected chi connectivity index (χ2v) is 15.7. The average Bonchev–Trinajstić information content (AvgIpc) is 3.17. The zero-order valence-corrected chi connectivity index (χ0v) is 36.0. The lowest BCUT2D eigenvalue weighted by atomic mass is 10.1. The molecule has 0 rings (SSSR count). The van der Waals surface area contributed by atoms with Crippen molar-refractivity contribution in [3.8, 4) is 0 Å². The molecule has 0 amide bonds. The number of carbonyl (C=O) groups excluding carboxylic acids is 3. The summed E-state index contributed by atoms with van der Waals surface area (Å²) in [6, 6.07) is 0. The van der Waals surface area contributed by atoms with Gasteiger partial charge in [0.05, 0.1) is 0 Å². The topological polar surface area (TPSA) is 78.9 Å². The summed E-state index contributed by atoms with van der Waals surface area (Å²) in [5.41, 5.74) is 0. The summed E-state index contributed by atoms with van der Waals surface area (Å²) in [4.78, 5) is 37.7. The van der Waals surface area contributed by atoms with Gasteiger partial charge in [-0.3, -0.25) is 14.4 Å². The average molecular weight is 761 g/mol. The van der Waals surface area contributed by atoms with Gasteiger partial charge in [-0.15, -0.1) is 0 Å². The first-order chi connectivity index (χ1) is 26.5. The normalized spacial score (nSPS) is 12.1. The molecule has 0 aliphatic carbocycles. The molecule has 0 aromatic heterocycles. The fourth-order valence-corrected chi connectivity index (χ4v) is 6.61. The van der Waals surface area contributed by atoms with Crippen LogP contribution in [0.25, 0.3) is 0 Å². The molecule has 0 heterocycles. The maximum absolute atomic E-state index is 12.7. The molecule has 0 N–H and O–H groups in total. The maximum Gasteiger partial charge on any atom is 0.306 e. The van der Waals surface area contributed by atoms with Crippen LogP contribution in [0.4, 0.5) is 0 Å². The molecule has 0 aliphatic heterocycles. The van der Waals surface area contributed by atoms with E-state index in [-0.39, 0.29) is 31.1 Å². The van der Waals surface area contributed by atoms with Crippen molar-refractivity contribution >= 4 is 17.9 Å². The molecule has 0 unspecified atom stereocenters. The van der Waals surface area contributed by atoms with Crippen LogP contribution in [0.3, 0.4) is 0 Å². The summed E-state index contributed by atoms with van der Waals surface area (Å²) in [5.74, 6) is -0.889. The van der Waals surface area contributed by atoms with E-state index >= 15 is 0 Å².